The second-order valence-electron chi connectivity index (χ2n) is 12.8. The predicted molar refractivity (Wildman–Crippen MR) is 129 cm³/mol. The highest BCUT2D eigenvalue weighted by Gasteiger charge is 2.59. The molecule has 2 nitrogen and oxygen atoms in total. The van der Waals surface area contributed by atoms with Crippen LogP contribution in [0.15, 0.2) is 11.6 Å². The molecule has 3 saturated carbocycles. The van der Waals surface area contributed by atoms with Crippen molar-refractivity contribution in [3.8, 4) is 0 Å². The van der Waals surface area contributed by atoms with Crippen molar-refractivity contribution in [2.24, 2.45) is 46.3 Å². The van der Waals surface area contributed by atoms with Crippen LogP contribution in [0.2, 0.25) is 0 Å². The van der Waals surface area contributed by atoms with Gasteiger partial charge >= 0.3 is 5.97 Å². The molecule has 2 heteroatoms. The van der Waals surface area contributed by atoms with E-state index in [9.17, 15) is 4.79 Å². The van der Waals surface area contributed by atoms with E-state index >= 15 is 0 Å². The minimum Gasteiger partial charge on any atom is -0.462 e. The molecule has 8 atom stereocenters. The average Bonchev–Trinajstić information content (AvgIpc) is 3.05. The normalized spacial score (nSPS) is 42.9. The Labute approximate surface area is 192 Å². The first-order chi connectivity index (χ1) is 14.6. The molecule has 0 aromatic carbocycles. The van der Waals surface area contributed by atoms with Crippen molar-refractivity contribution in [2.75, 3.05) is 0 Å². The van der Waals surface area contributed by atoms with Crippen LogP contribution in [-0.2, 0) is 9.53 Å². The van der Waals surface area contributed by atoms with Crippen molar-refractivity contribution in [2.45, 2.75) is 118 Å². The van der Waals surface area contributed by atoms with E-state index in [0.29, 0.717) is 10.8 Å². The molecule has 0 aliphatic heterocycles. The summed E-state index contributed by atoms with van der Waals surface area (Å²) in [5, 5.41) is 0. The van der Waals surface area contributed by atoms with E-state index in [0.717, 1.165) is 48.3 Å². The van der Waals surface area contributed by atoms with Gasteiger partial charge in [0.1, 0.15) is 6.10 Å². The molecule has 0 amide bonds. The van der Waals surface area contributed by atoms with E-state index in [4.69, 9.17) is 4.74 Å². The van der Waals surface area contributed by atoms with Gasteiger partial charge in [0.25, 0.3) is 0 Å². The topological polar surface area (TPSA) is 26.3 Å². The fourth-order valence-corrected chi connectivity index (χ4v) is 8.99. The highest BCUT2D eigenvalue weighted by molar-refractivity contribution is 5.66. The van der Waals surface area contributed by atoms with Crippen molar-refractivity contribution in [3.05, 3.63) is 11.6 Å². The number of allylic oxidation sites excluding steroid dienone is 1. The Balaban J connectivity index is 1.47. The number of fused-ring (bicyclic) bond motifs is 5. The van der Waals surface area contributed by atoms with Crippen molar-refractivity contribution in [3.63, 3.8) is 0 Å². The molecule has 0 heterocycles. The van der Waals surface area contributed by atoms with Crippen LogP contribution in [0.3, 0.4) is 0 Å². The van der Waals surface area contributed by atoms with Gasteiger partial charge in [0, 0.05) is 13.3 Å². The Hall–Kier alpha value is -0.790. The van der Waals surface area contributed by atoms with E-state index in [1.54, 1.807) is 12.5 Å². The molecule has 0 N–H and O–H groups in total. The predicted octanol–water partition coefficient (Wildman–Crippen LogP) is 7.96. The summed E-state index contributed by atoms with van der Waals surface area (Å²) < 4.78 is 5.61. The summed E-state index contributed by atoms with van der Waals surface area (Å²) in [5.41, 5.74) is 2.53. The molecule has 0 saturated heterocycles. The number of rotatable bonds is 6. The van der Waals surface area contributed by atoms with Gasteiger partial charge in [0.2, 0.25) is 0 Å². The zero-order chi connectivity index (χ0) is 22.4. The van der Waals surface area contributed by atoms with Crippen molar-refractivity contribution in [1.29, 1.82) is 0 Å². The Morgan fingerprint density at radius 3 is 2.55 bits per heavy atom. The third-order valence-corrected chi connectivity index (χ3v) is 10.6. The quantitative estimate of drug-likeness (QED) is 0.317. The molecular weight excluding hydrogens is 380 g/mol. The number of esters is 1. The SMILES string of the molecule is CC(=O)O[C@H]1CC[C@@]2(C)C(=CC[C@H]3[C@@H]4CC[C@H]([C@H](C)CCCC(C)C)[C@@]4(C)CC[C@@H]32)C1. The molecular formula is C29H48O2. The number of carbonyl (C=O) groups excluding carboxylic acids is 1. The van der Waals surface area contributed by atoms with Crippen LogP contribution in [0, 0.1) is 46.3 Å². The maximum absolute atomic E-state index is 11.5. The standard InChI is InChI=1S/C29H48O2/c1-19(2)8-7-9-20(3)25-12-13-26-24-11-10-22-18-23(31-21(4)30)14-16-28(22,5)27(24)15-17-29(25,26)6/h10,19-20,23-27H,7-9,11-18H2,1-6H3/t20-,23+,24+,25-,26+,27+,28+,29-/m1/s1. The average molecular weight is 429 g/mol. The Kier molecular flexibility index (Phi) is 6.68. The summed E-state index contributed by atoms with van der Waals surface area (Å²) in [6.45, 7) is 14.1. The molecule has 0 unspecified atom stereocenters. The summed E-state index contributed by atoms with van der Waals surface area (Å²) in [5.74, 6) is 5.19. The first-order valence-electron chi connectivity index (χ1n) is 13.5. The highest BCUT2D eigenvalue weighted by Crippen LogP contribution is 2.67. The molecule has 0 bridgehead atoms. The van der Waals surface area contributed by atoms with Crippen LogP contribution in [-0.4, -0.2) is 12.1 Å². The van der Waals surface area contributed by atoms with E-state index in [2.05, 4.69) is 40.7 Å². The summed E-state index contributed by atoms with van der Waals surface area (Å²) in [4.78, 5) is 11.5. The molecule has 31 heavy (non-hydrogen) atoms. The Morgan fingerprint density at radius 2 is 1.84 bits per heavy atom. The Morgan fingerprint density at radius 1 is 1.06 bits per heavy atom. The summed E-state index contributed by atoms with van der Waals surface area (Å²) in [6, 6.07) is 0. The van der Waals surface area contributed by atoms with Gasteiger partial charge in [-0.25, -0.2) is 0 Å². The van der Waals surface area contributed by atoms with E-state index in [1.165, 1.54) is 57.8 Å². The minimum absolute atomic E-state index is 0.115. The molecule has 0 aromatic heterocycles. The lowest BCUT2D eigenvalue weighted by molar-refractivity contribution is -0.148. The summed E-state index contributed by atoms with van der Waals surface area (Å²) in [6.07, 6.45) is 17.2. The third kappa shape index (κ3) is 4.26. The lowest BCUT2D eigenvalue weighted by Crippen LogP contribution is -2.51. The molecule has 4 rings (SSSR count). The van der Waals surface area contributed by atoms with E-state index in [1.807, 2.05) is 0 Å². The maximum atomic E-state index is 11.5. The van der Waals surface area contributed by atoms with Crippen molar-refractivity contribution < 1.29 is 9.53 Å². The van der Waals surface area contributed by atoms with Gasteiger partial charge < -0.3 is 4.74 Å². The van der Waals surface area contributed by atoms with Gasteiger partial charge in [-0.15, -0.1) is 0 Å². The highest BCUT2D eigenvalue weighted by atomic mass is 16.5. The summed E-state index contributed by atoms with van der Waals surface area (Å²) in [7, 11) is 0. The van der Waals surface area contributed by atoms with E-state index < -0.39 is 0 Å². The van der Waals surface area contributed by atoms with Crippen molar-refractivity contribution >= 4 is 5.97 Å². The largest absolute Gasteiger partial charge is 0.462 e. The molecule has 4 aliphatic carbocycles. The molecule has 3 fully saturated rings. The molecule has 4 aliphatic rings. The van der Waals surface area contributed by atoms with Crippen LogP contribution in [0.1, 0.15) is 112 Å². The maximum Gasteiger partial charge on any atom is 0.302 e. The van der Waals surface area contributed by atoms with Crippen LogP contribution in [0.5, 0.6) is 0 Å². The van der Waals surface area contributed by atoms with Crippen LogP contribution in [0.25, 0.3) is 0 Å². The van der Waals surface area contributed by atoms with Gasteiger partial charge in [0.05, 0.1) is 0 Å². The molecule has 176 valence electrons. The van der Waals surface area contributed by atoms with Crippen LogP contribution in [0.4, 0.5) is 0 Å². The molecule has 0 spiro atoms. The lowest BCUT2D eigenvalue weighted by Gasteiger charge is -2.58. The second-order valence-corrected chi connectivity index (χ2v) is 12.8. The van der Waals surface area contributed by atoms with Crippen molar-refractivity contribution in [1.82, 2.24) is 0 Å². The number of carbonyl (C=O) groups is 1. The first-order valence-corrected chi connectivity index (χ1v) is 13.5. The minimum atomic E-state index is -0.115. The molecule has 0 radical (unpaired) electrons. The van der Waals surface area contributed by atoms with Gasteiger partial charge in [-0.3, -0.25) is 4.79 Å². The van der Waals surface area contributed by atoms with Gasteiger partial charge in [0.15, 0.2) is 0 Å². The zero-order valence-corrected chi connectivity index (χ0v) is 21.2. The lowest BCUT2D eigenvalue weighted by atomic mass is 9.47. The van der Waals surface area contributed by atoms with Gasteiger partial charge in [-0.05, 0) is 91.3 Å². The van der Waals surface area contributed by atoms with E-state index in [-0.39, 0.29) is 12.1 Å². The smallest absolute Gasteiger partial charge is 0.302 e. The summed E-state index contributed by atoms with van der Waals surface area (Å²) >= 11 is 0. The number of hydrogen-bond donors (Lipinski definition) is 0. The number of ether oxygens (including phenoxy) is 1. The monoisotopic (exact) mass is 428 g/mol. The zero-order valence-electron chi connectivity index (χ0n) is 21.2. The van der Waals surface area contributed by atoms with Crippen LogP contribution < -0.4 is 0 Å². The first kappa shape index (κ1) is 23.4. The van der Waals surface area contributed by atoms with Gasteiger partial charge in [-0.2, -0.15) is 0 Å². The Bertz CT molecular complexity index is 693. The molecule has 0 aromatic rings. The second kappa shape index (κ2) is 8.86. The fourth-order valence-electron chi connectivity index (χ4n) is 8.99. The fraction of sp³-hybridized carbons (Fsp3) is 0.897. The van der Waals surface area contributed by atoms with Crippen LogP contribution >= 0.6 is 0 Å². The van der Waals surface area contributed by atoms with Gasteiger partial charge in [-0.1, -0.05) is 65.5 Å². The number of hydrogen-bond acceptors (Lipinski definition) is 2. The third-order valence-electron chi connectivity index (χ3n) is 10.6.